The molecule has 25 heavy (non-hydrogen) atoms. The summed E-state index contributed by atoms with van der Waals surface area (Å²) in [5.74, 6) is -0.723. The predicted molar refractivity (Wildman–Crippen MR) is 110 cm³/mol. The highest BCUT2D eigenvalue weighted by Crippen LogP contribution is 2.41. The molecule has 2 unspecified atom stereocenters. The minimum Gasteiger partial charge on any atom is -0.360 e. The highest BCUT2D eigenvalue weighted by molar-refractivity contribution is 8.07. The van der Waals surface area contributed by atoms with Gasteiger partial charge in [-0.2, -0.15) is 0 Å². The van der Waals surface area contributed by atoms with Gasteiger partial charge in [0.2, 0.25) is 0 Å². The minimum absolute atomic E-state index is 0.117. The first-order valence-electron chi connectivity index (χ1n) is 9.12. The normalized spacial score (nSPS) is 25.6. The minimum atomic E-state index is -0.372. The summed E-state index contributed by atoms with van der Waals surface area (Å²) in [6, 6.07) is -0.117. The monoisotopic (exact) mass is 365 g/mol. The second-order valence-corrected chi connectivity index (χ2v) is 6.24. The topological polar surface area (TPSA) is 20.3 Å². The molecular formula is C21H32FNOS. The molecule has 0 spiro atoms. The second-order valence-electron chi connectivity index (χ2n) is 5.10. The number of nitrogens with zero attached hydrogens (tertiary/aromatic N) is 1. The zero-order valence-corrected chi connectivity index (χ0v) is 17.2. The van der Waals surface area contributed by atoms with Crippen LogP contribution in [0.5, 0.6) is 0 Å². The Kier molecular flexibility index (Phi) is 12.0. The molecule has 0 N–H and O–H groups in total. The molecule has 2 nitrogen and oxygen atoms in total. The molecular weight excluding hydrogens is 333 g/mol. The number of hydrogen-bond donors (Lipinski definition) is 0. The van der Waals surface area contributed by atoms with E-state index in [1.54, 1.807) is 0 Å². The number of hydrogen-bond acceptors (Lipinski definition) is 3. The highest BCUT2D eigenvalue weighted by atomic mass is 32.2. The van der Waals surface area contributed by atoms with E-state index in [9.17, 15) is 9.18 Å². The van der Waals surface area contributed by atoms with Crippen molar-refractivity contribution in [3.05, 3.63) is 58.3 Å². The fourth-order valence-electron chi connectivity index (χ4n) is 2.57. The van der Waals surface area contributed by atoms with E-state index < -0.39 is 0 Å². The Bertz CT molecular complexity index is 560. The van der Waals surface area contributed by atoms with Gasteiger partial charge < -0.3 is 4.90 Å². The van der Waals surface area contributed by atoms with Crippen molar-refractivity contribution in [3.63, 3.8) is 0 Å². The van der Waals surface area contributed by atoms with Crippen LogP contribution in [-0.2, 0) is 4.79 Å². The van der Waals surface area contributed by atoms with E-state index >= 15 is 0 Å². The summed E-state index contributed by atoms with van der Waals surface area (Å²) < 4.78 is 14.6. The standard InChI is InChI=1S/C17H20FNOS.2C2H6/c1-4-5-8-14-12(2)17(18)16(11-20)21-13(3)15-9-6-7-10-19(14)15;2*1-2/h5-9,11-12,14H,3-4,10H2,1-2H3;2*1-2H3/b8-5?,17-16+;;. The Hall–Kier alpha value is -1.55. The van der Waals surface area contributed by atoms with Crippen LogP contribution < -0.4 is 0 Å². The average Bonchev–Trinajstić information content (AvgIpc) is 2.68. The molecule has 0 saturated heterocycles. The van der Waals surface area contributed by atoms with E-state index in [2.05, 4.69) is 18.4 Å². The fraction of sp³-hybridized carbons (Fsp3) is 0.476. The molecule has 0 radical (unpaired) electrons. The molecule has 2 rings (SSSR count). The zero-order valence-electron chi connectivity index (χ0n) is 16.4. The van der Waals surface area contributed by atoms with Gasteiger partial charge in [-0.15, -0.1) is 0 Å². The second kappa shape index (κ2) is 12.8. The largest absolute Gasteiger partial charge is 0.360 e. The van der Waals surface area contributed by atoms with Gasteiger partial charge in [0.1, 0.15) is 5.83 Å². The lowest BCUT2D eigenvalue weighted by atomic mass is 9.95. The Morgan fingerprint density at radius 1 is 1.36 bits per heavy atom. The van der Waals surface area contributed by atoms with Crippen molar-refractivity contribution in [1.82, 2.24) is 4.90 Å². The average molecular weight is 366 g/mol. The summed E-state index contributed by atoms with van der Waals surface area (Å²) in [5, 5.41) is 0. The van der Waals surface area contributed by atoms with E-state index in [-0.39, 0.29) is 22.7 Å². The SMILES string of the molecule is C=C1S/C(C=O)=C(/F)C(C)C(C=CCC)N2CC=CC=C12.CC.CC. The molecule has 0 saturated carbocycles. The van der Waals surface area contributed by atoms with E-state index in [4.69, 9.17) is 0 Å². The zero-order chi connectivity index (χ0) is 19.4. The predicted octanol–water partition coefficient (Wildman–Crippen LogP) is 6.41. The number of fused-ring (bicyclic) bond motifs is 1. The van der Waals surface area contributed by atoms with Crippen molar-refractivity contribution in [2.24, 2.45) is 5.92 Å². The number of carbonyl (C=O) groups excluding carboxylic acids is 1. The van der Waals surface area contributed by atoms with Crippen LogP contribution in [0.25, 0.3) is 0 Å². The van der Waals surface area contributed by atoms with E-state index in [1.165, 1.54) is 0 Å². The molecule has 2 heterocycles. The molecule has 0 aromatic rings. The molecule has 140 valence electrons. The van der Waals surface area contributed by atoms with Crippen LogP contribution in [0.1, 0.15) is 48.0 Å². The summed E-state index contributed by atoms with van der Waals surface area (Å²) in [5.41, 5.74) is 0.965. The number of allylic oxidation sites excluding steroid dienone is 4. The molecule has 0 amide bonds. The van der Waals surface area contributed by atoms with Gasteiger partial charge in [0.05, 0.1) is 16.6 Å². The van der Waals surface area contributed by atoms with Crippen LogP contribution in [0.2, 0.25) is 0 Å². The quantitative estimate of drug-likeness (QED) is 0.426. The third kappa shape index (κ3) is 6.03. The summed E-state index contributed by atoms with van der Waals surface area (Å²) in [6.07, 6.45) is 11.6. The summed E-state index contributed by atoms with van der Waals surface area (Å²) >= 11 is 1.12. The molecule has 0 bridgehead atoms. The van der Waals surface area contributed by atoms with E-state index in [0.717, 1.165) is 30.4 Å². The molecule has 0 aliphatic carbocycles. The van der Waals surface area contributed by atoms with Gasteiger partial charge in [0.25, 0.3) is 0 Å². The maximum absolute atomic E-state index is 14.6. The first kappa shape index (κ1) is 23.4. The van der Waals surface area contributed by atoms with Crippen molar-refractivity contribution < 1.29 is 9.18 Å². The Balaban J connectivity index is 0.00000134. The van der Waals surface area contributed by atoms with Crippen LogP contribution in [0.4, 0.5) is 4.39 Å². The third-order valence-electron chi connectivity index (χ3n) is 3.70. The molecule has 2 atom stereocenters. The van der Waals surface area contributed by atoms with Crippen LogP contribution in [0.3, 0.4) is 0 Å². The smallest absolute Gasteiger partial charge is 0.159 e. The van der Waals surface area contributed by atoms with Gasteiger partial charge in [-0.3, -0.25) is 4.79 Å². The molecule has 0 fully saturated rings. The molecule has 2 aliphatic rings. The fourth-order valence-corrected chi connectivity index (χ4v) is 3.45. The van der Waals surface area contributed by atoms with Gasteiger partial charge in [-0.1, -0.05) is 84.2 Å². The van der Waals surface area contributed by atoms with Crippen molar-refractivity contribution in [2.75, 3.05) is 6.54 Å². The molecule has 0 aromatic heterocycles. The number of carbonyl (C=O) groups is 1. The van der Waals surface area contributed by atoms with Crippen molar-refractivity contribution in [2.45, 2.75) is 54.0 Å². The first-order valence-corrected chi connectivity index (χ1v) is 9.93. The lowest BCUT2D eigenvalue weighted by molar-refractivity contribution is -0.104. The Morgan fingerprint density at radius 2 is 2.00 bits per heavy atom. The van der Waals surface area contributed by atoms with Crippen molar-refractivity contribution in [1.29, 1.82) is 0 Å². The van der Waals surface area contributed by atoms with E-state index in [0.29, 0.717) is 11.2 Å². The number of rotatable bonds is 3. The van der Waals surface area contributed by atoms with Crippen LogP contribution in [0.15, 0.2) is 58.3 Å². The maximum atomic E-state index is 14.6. The molecule has 4 heteroatoms. The highest BCUT2D eigenvalue weighted by Gasteiger charge is 2.32. The van der Waals surface area contributed by atoms with Crippen molar-refractivity contribution in [3.8, 4) is 0 Å². The van der Waals surface area contributed by atoms with Gasteiger partial charge in [-0.05, 0) is 12.5 Å². The summed E-state index contributed by atoms with van der Waals surface area (Å²) in [6.45, 7) is 16.6. The van der Waals surface area contributed by atoms with Crippen LogP contribution in [-0.4, -0.2) is 23.8 Å². The Morgan fingerprint density at radius 3 is 2.56 bits per heavy atom. The first-order chi connectivity index (χ1) is 12.1. The molecule has 2 aliphatic heterocycles. The summed E-state index contributed by atoms with van der Waals surface area (Å²) in [7, 11) is 0. The Labute approximate surface area is 157 Å². The van der Waals surface area contributed by atoms with Gasteiger partial charge in [0.15, 0.2) is 6.29 Å². The van der Waals surface area contributed by atoms with Gasteiger partial charge >= 0.3 is 0 Å². The molecule has 0 aromatic carbocycles. The number of thioether (sulfide) groups is 1. The van der Waals surface area contributed by atoms with E-state index in [1.807, 2.05) is 65.0 Å². The number of halogens is 1. The lowest BCUT2D eigenvalue weighted by Crippen LogP contribution is -2.40. The summed E-state index contributed by atoms with van der Waals surface area (Å²) in [4.78, 5) is 14.2. The number of aldehydes is 1. The van der Waals surface area contributed by atoms with Gasteiger partial charge in [0, 0.05) is 17.4 Å². The third-order valence-corrected chi connectivity index (χ3v) is 4.67. The maximum Gasteiger partial charge on any atom is 0.159 e. The van der Waals surface area contributed by atoms with Crippen LogP contribution in [0, 0.1) is 5.92 Å². The van der Waals surface area contributed by atoms with Gasteiger partial charge in [-0.25, -0.2) is 4.39 Å². The van der Waals surface area contributed by atoms with Crippen LogP contribution >= 0.6 is 11.8 Å². The van der Waals surface area contributed by atoms with Crippen molar-refractivity contribution >= 4 is 18.0 Å². The lowest BCUT2D eigenvalue weighted by Gasteiger charge is -2.39.